The largest absolute Gasteiger partial charge is 0.379 e. The van der Waals surface area contributed by atoms with Crippen LogP contribution < -0.4 is 11.1 Å². The highest BCUT2D eigenvalue weighted by Crippen LogP contribution is 2.18. The van der Waals surface area contributed by atoms with Crippen molar-refractivity contribution < 1.29 is 9.53 Å². The average molecular weight is 235 g/mol. The Bertz CT molecular complexity index is 388. The predicted molar refractivity (Wildman–Crippen MR) is 63.1 cm³/mol. The number of nitrogens with two attached hydrogens (primary N) is 1. The maximum absolute atomic E-state index is 12.0. The molecule has 1 aliphatic heterocycles. The Morgan fingerprint density at radius 2 is 2.53 bits per heavy atom. The second-order valence-corrected chi connectivity index (χ2v) is 4.44. The van der Waals surface area contributed by atoms with Gasteiger partial charge in [0, 0.05) is 19.0 Å². The van der Waals surface area contributed by atoms with Gasteiger partial charge in [0.15, 0.2) is 0 Å². The molecule has 0 bridgehead atoms. The highest BCUT2D eigenvalue weighted by atomic mass is 16.5. The highest BCUT2D eigenvalue weighted by molar-refractivity contribution is 5.86. The van der Waals surface area contributed by atoms with Gasteiger partial charge < -0.3 is 15.8 Å². The van der Waals surface area contributed by atoms with Crippen LogP contribution in [-0.2, 0) is 9.53 Å². The van der Waals surface area contributed by atoms with Crippen LogP contribution in [-0.4, -0.2) is 29.6 Å². The fraction of sp³-hybridized carbons (Fsp3) is 0.500. The maximum Gasteiger partial charge on any atom is 0.243 e. The standard InChI is InChI=1S/C12H17N3O2/c1-9(10-3-2-5-14-7-10)15-11(16)12(13)4-6-17-8-12/h2-3,5,7,9H,4,6,8,13H2,1H3,(H,15,16). The Labute approximate surface area is 100 Å². The second kappa shape index (κ2) is 4.81. The first-order chi connectivity index (χ1) is 8.12. The third kappa shape index (κ3) is 2.62. The van der Waals surface area contributed by atoms with Crippen LogP contribution in [0.2, 0.25) is 0 Å². The lowest BCUT2D eigenvalue weighted by atomic mass is 9.98. The Morgan fingerprint density at radius 1 is 1.71 bits per heavy atom. The molecule has 1 aromatic heterocycles. The molecular weight excluding hydrogens is 218 g/mol. The van der Waals surface area contributed by atoms with Crippen molar-refractivity contribution >= 4 is 5.91 Å². The number of ether oxygens (including phenoxy) is 1. The van der Waals surface area contributed by atoms with Gasteiger partial charge in [0.2, 0.25) is 5.91 Å². The van der Waals surface area contributed by atoms with Gasteiger partial charge in [-0.05, 0) is 25.0 Å². The van der Waals surface area contributed by atoms with Gasteiger partial charge in [0.1, 0.15) is 5.54 Å². The molecule has 0 aromatic carbocycles. The summed E-state index contributed by atoms with van der Waals surface area (Å²) < 4.78 is 5.17. The molecule has 92 valence electrons. The molecule has 0 aliphatic carbocycles. The summed E-state index contributed by atoms with van der Waals surface area (Å²) in [6.45, 7) is 2.75. The molecule has 2 rings (SSSR count). The molecular formula is C12H17N3O2. The van der Waals surface area contributed by atoms with E-state index in [1.165, 1.54) is 0 Å². The monoisotopic (exact) mass is 235 g/mol. The summed E-state index contributed by atoms with van der Waals surface area (Å²) in [6.07, 6.45) is 4.01. The first-order valence-electron chi connectivity index (χ1n) is 5.69. The Kier molecular flexibility index (Phi) is 3.40. The third-order valence-electron chi connectivity index (χ3n) is 3.04. The zero-order chi connectivity index (χ0) is 12.3. The van der Waals surface area contributed by atoms with Gasteiger partial charge in [-0.1, -0.05) is 6.07 Å². The first-order valence-corrected chi connectivity index (χ1v) is 5.69. The average Bonchev–Trinajstić information content (AvgIpc) is 2.78. The molecule has 3 N–H and O–H groups in total. The summed E-state index contributed by atoms with van der Waals surface area (Å²) in [5.41, 5.74) is 6.06. The van der Waals surface area contributed by atoms with E-state index in [-0.39, 0.29) is 11.9 Å². The molecule has 2 atom stereocenters. The van der Waals surface area contributed by atoms with Crippen LogP contribution in [0.3, 0.4) is 0 Å². The number of pyridine rings is 1. The van der Waals surface area contributed by atoms with Crippen molar-refractivity contribution in [2.24, 2.45) is 5.73 Å². The van der Waals surface area contributed by atoms with Crippen molar-refractivity contribution in [2.75, 3.05) is 13.2 Å². The van der Waals surface area contributed by atoms with Crippen LogP contribution in [0.4, 0.5) is 0 Å². The molecule has 0 radical (unpaired) electrons. The number of carbonyl (C=O) groups excluding carboxylic acids is 1. The minimum absolute atomic E-state index is 0.0998. The van der Waals surface area contributed by atoms with Gasteiger partial charge in [0.25, 0.3) is 0 Å². The zero-order valence-corrected chi connectivity index (χ0v) is 9.85. The van der Waals surface area contributed by atoms with Crippen LogP contribution in [0.25, 0.3) is 0 Å². The molecule has 2 heterocycles. The molecule has 1 aliphatic rings. The van der Waals surface area contributed by atoms with Gasteiger partial charge in [-0.15, -0.1) is 0 Å². The topological polar surface area (TPSA) is 77.2 Å². The number of hydrogen-bond donors (Lipinski definition) is 2. The number of nitrogens with one attached hydrogen (secondary N) is 1. The zero-order valence-electron chi connectivity index (χ0n) is 9.85. The van der Waals surface area contributed by atoms with E-state index in [1.807, 2.05) is 19.1 Å². The van der Waals surface area contributed by atoms with Crippen molar-refractivity contribution in [3.8, 4) is 0 Å². The van der Waals surface area contributed by atoms with E-state index in [2.05, 4.69) is 10.3 Å². The van der Waals surface area contributed by atoms with Crippen LogP contribution in [0.5, 0.6) is 0 Å². The van der Waals surface area contributed by atoms with Gasteiger partial charge in [-0.25, -0.2) is 0 Å². The van der Waals surface area contributed by atoms with Crippen molar-refractivity contribution in [3.63, 3.8) is 0 Å². The number of carbonyl (C=O) groups is 1. The smallest absolute Gasteiger partial charge is 0.243 e. The highest BCUT2D eigenvalue weighted by Gasteiger charge is 2.38. The van der Waals surface area contributed by atoms with Gasteiger partial charge >= 0.3 is 0 Å². The number of nitrogens with zero attached hydrogens (tertiary/aromatic N) is 1. The molecule has 5 nitrogen and oxygen atoms in total. The number of hydrogen-bond acceptors (Lipinski definition) is 4. The van der Waals surface area contributed by atoms with E-state index in [9.17, 15) is 4.79 Å². The fourth-order valence-corrected chi connectivity index (χ4v) is 1.82. The maximum atomic E-state index is 12.0. The van der Waals surface area contributed by atoms with Crippen molar-refractivity contribution in [2.45, 2.75) is 24.9 Å². The molecule has 1 saturated heterocycles. The predicted octanol–water partition coefficient (Wildman–Crippen LogP) is 0.377. The van der Waals surface area contributed by atoms with Crippen LogP contribution in [0.15, 0.2) is 24.5 Å². The van der Waals surface area contributed by atoms with E-state index >= 15 is 0 Å². The Morgan fingerprint density at radius 3 is 3.12 bits per heavy atom. The quantitative estimate of drug-likeness (QED) is 0.794. The number of rotatable bonds is 3. The Balaban J connectivity index is 1.99. The summed E-state index contributed by atoms with van der Waals surface area (Å²) in [5, 5.41) is 2.89. The van der Waals surface area contributed by atoms with Gasteiger partial charge in [-0.2, -0.15) is 0 Å². The normalized spacial score (nSPS) is 25.5. The van der Waals surface area contributed by atoms with Crippen LogP contribution >= 0.6 is 0 Å². The summed E-state index contributed by atoms with van der Waals surface area (Å²) in [6, 6.07) is 3.67. The van der Waals surface area contributed by atoms with Crippen molar-refractivity contribution in [1.82, 2.24) is 10.3 Å². The summed E-state index contributed by atoms with van der Waals surface area (Å²) in [7, 11) is 0. The molecule has 1 amide bonds. The SMILES string of the molecule is CC(NC(=O)C1(N)CCOC1)c1cccnc1. The molecule has 17 heavy (non-hydrogen) atoms. The number of amides is 1. The minimum Gasteiger partial charge on any atom is -0.379 e. The molecule has 1 fully saturated rings. The van der Waals surface area contributed by atoms with E-state index in [0.717, 1.165) is 5.56 Å². The first kappa shape index (κ1) is 12.0. The molecule has 0 saturated carbocycles. The molecule has 5 heteroatoms. The number of aromatic nitrogens is 1. The van der Waals surface area contributed by atoms with Crippen molar-refractivity contribution in [3.05, 3.63) is 30.1 Å². The minimum atomic E-state index is -0.879. The van der Waals surface area contributed by atoms with Crippen LogP contribution in [0, 0.1) is 0 Å². The lowest BCUT2D eigenvalue weighted by Gasteiger charge is -2.23. The van der Waals surface area contributed by atoms with Gasteiger partial charge in [0.05, 0.1) is 12.6 Å². The summed E-state index contributed by atoms with van der Waals surface area (Å²) in [4.78, 5) is 16.0. The second-order valence-electron chi connectivity index (χ2n) is 4.44. The molecule has 0 spiro atoms. The van der Waals surface area contributed by atoms with E-state index in [1.54, 1.807) is 12.4 Å². The van der Waals surface area contributed by atoms with Gasteiger partial charge in [-0.3, -0.25) is 9.78 Å². The van der Waals surface area contributed by atoms with E-state index in [4.69, 9.17) is 10.5 Å². The summed E-state index contributed by atoms with van der Waals surface area (Å²) >= 11 is 0. The summed E-state index contributed by atoms with van der Waals surface area (Å²) in [5.74, 6) is -0.161. The van der Waals surface area contributed by atoms with Crippen molar-refractivity contribution in [1.29, 1.82) is 0 Å². The van der Waals surface area contributed by atoms with E-state index < -0.39 is 5.54 Å². The van der Waals surface area contributed by atoms with Crippen LogP contribution in [0.1, 0.15) is 24.9 Å². The lowest BCUT2D eigenvalue weighted by molar-refractivity contribution is -0.127. The fourth-order valence-electron chi connectivity index (χ4n) is 1.82. The molecule has 1 aromatic rings. The van der Waals surface area contributed by atoms with E-state index in [0.29, 0.717) is 19.6 Å². The lowest BCUT2D eigenvalue weighted by Crippen LogP contribution is -2.54. The Hall–Kier alpha value is -1.46. The third-order valence-corrected chi connectivity index (χ3v) is 3.04. The molecule has 2 unspecified atom stereocenters.